The smallest absolute Gasteiger partial charge is 0.189 e. The second-order valence-electron chi connectivity index (χ2n) is 6.04. The van der Waals surface area contributed by atoms with Gasteiger partial charge in [-0.25, -0.2) is 0 Å². The van der Waals surface area contributed by atoms with E-state index in [1.54, 1.807) is 18.2 Å². The first-order valence-corrected chi connectivity index (χ1v) is 8.25. The van der Waals surface area contributed by atoms with Crippen molar-refractivity contribution in [2.45, 2.75) is 59.9 Å². The highest BCUT2D eigenvalue weighted by atomic mass is 16.7. The van der Waals surface area contributed by atoms with Crippen LogP contribution in [0, 0.1) is 0 Å². The van der Waals surface area contributed by atoms with E-state index in [4.69, 9.17) is 28.4 Å². The lowest BCUT2D eigenvalue weighted by molar-refractivity contribution is -0.0340. The van der Waals surface area contributed by atoms with E-state index in [-0.39, 0.29) is 38.7 Å². The molecule has 1 aromatic rings. The van der Waals surface area contributed by atoms with Gasteiger partial charge in [0.1, 0.15) is 5.75 Å². The van der Waals surface area contributed by atoms with Crippen molar-refractivity contribution < 1.29 is 28.4 Å². The number of rotatable bonds is 12. The first-order valence-electron chi connectivity index (χ1n) is 8.25. The third-order valence-electron chi connectivity index (χ3n) is 2.77. The van der Waals surface area contributed by atoms with Crippen LogP contribution in [0.2, 0.25) is 0 Å². The molecule has 138 valence electrons. The van der Waals surface area contributed by atoms with Gasteiger partial charge in [0.15, 0.2) is 31.9 Å². The van der Waals surface area contributed by atoms with Crippen molar-refractivity contribution in [1.29, 1.82) is 0 Å². The molecule has 0 saturated carbocycles. The minimum absolute atomic E-state index is 0.0810. The maximum atomic E-state index is 5.65. The van der Waals surface area contributed by atoms with E-state index in [9.17, 15) is 0 Å². The first-order chi connectivity index (χ1) is 11.4. The lowest BCUT2D eigenvalue weighted by Crippen LogP contribution is -2.12. The van der Waals surface area contributed by atoms with Gasteiger partial charge in [-0.1, -0.05) is 0 Å². The molecule has 0 aliphatic rings. The second kappa shape index (κ2) is 11.1. The number of hydrogen-bond acceptors (Lipinski definition) is 6. The SMILES string of the molecule is CC(C)OCOc1ccc(OCOC(C)C)c(OCOC(C)C)c1. The van der Waals surface area contributed by atoms with Gasteiger partial charge in [-0.15, -0.1) is 0 Å². The molecule has 0 aliphatic carbocycles. The van der Waals surface area contributed by atoms with Crippen molar-refractivity contribution >= 4 is 0 Å². The summed E-state index contributed by atoms with van der Waals surface area (Å²) < 4.78 is 33.0. The molecule has 24 heavy (non-hydrogen) atoms. The quantitative estimate of drug-likeness (QED) is 0.536. The lowest BCUT2D eigenvalue weighted by Gasteiger charge is -2.16. The Morgan fingerprint density at radius 1 is 0.625 bits per heavy atom. The van der Waals surface area contributed by atoms with Crippen LogP contribution in [0.1, 0.15) is 41.5 Å². The fourth-order valence-corrected chi connectivity index (χ4v) is 1.52. The largest absolute Gasteiger partial charge is 0.467 e. The Hall–Kier alpha value is -1.50. The average Bonchev–Trinajstić information content (AvgIpc) is 2.48. The van der Waals surface area contributed by atoms with E-state index >= 15 is 0 Å². The van der Waals surface area contributed by atoms with Crippen LogP contribution in [0.3, 0.4) is 0 Å². The molecule has 0 amide bonds. The highest BCUT2D eigenvalue weighted by Gasteiger charge is 2.09. The highest BCUT2D eigenvalue weighted by molar-refractivity contribution is 5.45. The van der Waals surface area contributed by atoms with Crippen molar-refractivity contribution in [1.82, 2.24) is 0 Å². The monoisotopic (exact) mass is 342 g/mol. The van der Waals surface area contributed by atoms with Gasteiger partial charge < -0.3 is 28.4 Å². The third kappa shape index (κ3) is 8.96. The Morgan fingerprint density at radius 2 is 1.08 bits per heavy atom. The normalized spacial score (nSPS) is 11.4. The minimum Gasteiger partial charge on any atom is -0.467 e. The molecule has 0 spiro atoms. The number of benzene rings is 1. The van der Waals surface area contributed by atoms with Crippen LogP contribution in [0.5, 0.6) is 17.2 Å². The van der Waals surface area contributed by atoms with Crippen LogP contribution >= 0.6 is 0 Å². The molecular weight excluding hydrogens is 312 g/mol. The molecule has 0 fully saturated rings. The summed E-state index contributed by atoms with van der Waals surface area (Å²) in [6, 6.07) is 5.32. The predicted molar refractivity (Wildman–Crippen MR) is 91.6 cm³/mol. The molecule has 0 unspecified atom stereocenters. The summed E-state index contributed by atoms with van der Waals surface area (Å²) in [4.78, 5) is 0. The van der Waals surface area contributed by atoms with Crippen molar-refractivity contribution in [3.63, 3.8) is 0 Å². The van der Waals surface area contributed by atoms with Gasteiger partial charge >= 0.3 is 0 Å². The topological polar surface area (TPSA) is 55.4 Å². The van der Waals surface area contributed by atoms with E-state index in [0.29, 0.717) is 17.2 Å². The van der Waals surface area contributed by atoms with Gasteiger partial charge in [-0.05, 0) is 53.7 Å². The molecule has 0 heterocycles. The van der Waals surface area contributed by atoms with Crippen LogP contribution in [0.15, 0.2) is 18.2 Å². The van der Waals surface area contributed by atoms with Gasteiger partial charge in [0.2, 0.25) is 0 Å². The van der Waals surface area contributed by atoms with Crippen LogP contribution in [-0.2, 0) is 14.2 Å². The predicted octanol–water partition coefficient (Wildman–Crippen LogP) is 3.97. The van der Waals surface area contributed by atoms with Crippen LogP contribution in [0.25, 0.3) is 0 Å². The Balaban J connectivity index is 2.68. The van der Waals surface area contributed by atoms with E-state index in [1.165, 1.54) is 0 Å². The van der Waals surface area contributed by atoms with Gasteiger partial charge in [-0.2, -0.15) is 0 Å². The number of hydrogen-bond donors (Lipinski definition) is 0. The van der Waals surface area contributed by atoms with Gasteiger partial charge in [-0.3, -0.25) is 0 Å². The summed E-state index contributed by atoms with van der Waals surface area (Å²) in [6.45, 7) is 12.1. The molecule has 0 bridgehead atoms. The van der Waals surface area contributed by atoms with E-state index in [2.05, 4.69) is 0 Å². The molecule has 6 heteroatoms. The fraction of sp³-hybridized carbons (Fsp3) is 0.667. The summed E-state index contributed by atoms with van der Waals surface area (Å²) in [7, 11) is 0. The first kappa shape index (κ1) is 20.5. The minimum atomic E-state index is 0.0810. The molecule has 1 aromatic carbocycles. The molecular formula is C18H30O6. The van der Waals surface area contributed by atoms with Crippen molar-refractivity contribution in [2.24, 2.45) is 0 Å². The average molecular weight is 342 g/mol. The summed E-state index contributed by atoms with van der Waals surface area (Å²) in [6.07, 6.45) is 0.280. The Morgan fingerprint density at radius 3 is 1.58 bits per heavy atom. The Bertz CT molecular complexity index is 459. The lowest BCUT2D eigenvalue weighted by atomic mass is 10.3. The molecule has 0 aromatic heterocycles. The van der Waals surface area contributed by atoms with Crippen LogP contribution in [-0.4, -0.2) is 38.7 Å². The summed E-state index contributed by atoms with van der Waals surface area (Å²) >= 11 is 0. The van der Waals surface area contributed by atoms with Crippen molar-refractivity contribution in [3.8, 4) is 17.2 Å². The standard InChI is InChI=1S/C18H30O6/c1-13(2)19-10-22-16-7-8-17(23-11-20-14(3)4)18(9-16)24-12-21-15(5)6/h7-9,13-15H,10-12H2,1-6H3. The van der Waals surface area contributed by atoms with Crippen molar-refractivity contribution in [2.75, 3.05) is 20.4 Å². The van der Waals surface area contributed by atoms with Crippen molar-refractivity contribution in [3.05, 3.63) is 18.2 Å². The number of ether oxygens (including phenoxy) is 6. The fourth-order valence-electron chi connectivity index (χ4n) is 1.52. The molecule has 0 atom stereocenters. The zero-order valence-electron chi connectivity index (χ0n) is 15.5. The molecule has 0 aliphatic heterocycles. The van der Waals surface area contributed by atoms with E-state index in [0.717, 1.165) is 0 Å². The molecule has 1 rings (SSSR count). The maximum absolute atomic E-state index is 5.65. The van der Waals surface area contributed by atoms with Crippen LogP contribution < -0.4 is 14.2 Å². The summed E-state index contributed by atoms with van der Waals surface area (Å²) in [5, 5.41) is 0. The van der Waals surface area contributed by atoms with Gasteiger partial charge in [0.25, 0.3) is 0 Å². The third-order valence-corrected chi connectivity index (χ3v) is 2.77. The zero-order chi connectivity index (χ0) is 17.9. The Labute approximate surface area is 144 Å². The second-order valence-corrected chi connectivity index (χ2v) is 6.04. The van der Waals surface area contributed by atoms with E-state index < -0.39 is 0 Å². The maximum Gasteiger partial charge on any atom is 0.189 e. The highest BCUT2D eigenvalue weighted by Crippen LogP contribution is 2.32. The summed E-state index contributed by atoms with van der Waals surface area (Å²) in [5.74, 6) is 1.73. The van der Waals surface area contributed by atoms with Gasteiger partial charge in [0.05, 0.1) is 18.3 Å². The van der Waals surface area contributed by atoms with Gasteiger partial charge in [0, 0.05) is 6.07 Å². The molecule has 0 saturated heterocycles. The molecule has 6 nitrogen and oxygen atoms in total. The van der Waals surface area contributed by atoms with E-state index in [1.807, 2.05) is 41.5 Å². The van der Waals surface area contributed by atoms with Crippen LogP contribution in [0.4, 0.5) is 0 Å². The molecule has 0 N–H and O–H groups in total. The molecule has 0 radical (unpaired) electrons. The Kier molecular flexibility index (Phi) is 9.52. The zero-order valence-corrected chi connectivity index (χ0v) is 15.5. The summed E-state index contributed by atoms with van der Waals surface area (Å²) in [5.41, 5.74) is 0.